The highest BCUT2D eigenvalue weighted by molar-refractivity contribution is 5.95. The third-order valence-corrected chi connectivity index (χ3v) is 5.33. The highest BCUT2D eigenvalue weighted by atomic mass is 16.5. The van der Waals surface area contributed by atoms with Gasteiger partial charge in [0.05, 0.1) is 17.9 Å². The first-order chi connectivity index (χ1) is 11.6. The van der Waals surface area contributed by atoms with Gasteiger partial charge in [0, 0.05) is 52.1 Å². The van der Waals surface area contributed by atoms with Crippen LogP contribution in [0.1, 0.15) is 42.2 Å². The number of hydrogen-bond donors (Lipinski definition) is 0. The van der Waals surface area contributed by atoms with Crippen molar-refractivity contribution < 1.29 is 9.53 Å². The van der Waals surface area contributed by atoms with Gasteiger partial charge in [-0.1, -0.05) is 6.92 Å². The Morgan fingerprint density at radius 2 is 2.12 bits per heavy atom. The summed E-state index contributed by atoms with van der Waals surface area (Å²) in [6.07, 6.45) is 5.37. The van der Waals surface area contributed by atoms with Crippen molar-refractivity contribution in [2.45, 2.75) is 45.7 Å². The molecule has 3 aliphatic heterocycles. The summed E-state index contributed by atoms with van der Waals surface area (Å²) in [5.41, 5.74) is 1.62. The van der Waals surface area contributed by atoms with Gasteiger partial charge in [-0.25, -0.2) is 0 Å². The van der Waals surface area contributed by atoms with Crippen molar-refractivity contribution in [3.05, 3.63) is 17.5 Å². The van der Waals surface area contributed by atoms with Gasteiger partial charge in [0.25, 0.3) is 5.91 Å². The first kappa shape index (κ1) is 17.4. The van der Waals surface area contributed by atoms with E-state index in [9.17, 15) is 4.79 Å². The fourth-order valence-electron chi connectivity index (χ4n) is 4.07. The van der Waals surface area contributed by atoms with Crippen molar-refractivity contribution in [1.82, 2.24) is 19.6 Å². The minimum Gasteiger partial charge on any atom is -0.383 e. The van der Waals surface area contributed by atoms with Crippen LogP contribution in [0.25, 0.3) is 0 Å². The third-order valence-electron chi connectivity index (χ3n) is 5.33. The van der Waals surface area contributed by atoms with Gasteiger partial charge >= 0.3 is 0 Å². The van der Waals surface area contributed by atoms with E-state index in [-0.39, 0.29) is 5.91 Å². The van der Waals surface area contributed by atoms with Crippen LogP contribution in [0.2, 0.25) is 0 Å². The van der Waals surface area contributed by atoms with Crippen molar-refractivity contribution in [3.63, 3.8) is 0 Å². The lowest BCUT2D eigenvalue weighted by atomic mass is 9.95. The molecule has 3 fully saturated rings. The van der Waals surface area contributed by atoms with Gasteiger partial charge in [-0.05, 0) is 32.1 Å². The summed E-state index contributed by atoms with van der Waals surface area (Å²) < 4.78 is 7.15. The number of nitrogens with zero attached hydrogens (tertiary/aromatic N) is 4. The van der Waals surface area contributed by atoms with Crippen LogP contribution >= 0.6 is 0 Å². The molecule has 3 saturated heterocycles. The van der Waals surface area contributed by atoms with E-state index < -0.39 is 0 Å². The van der Waals surface area contributed by atoms with Gasteiger partial charge < -0.3 is 9.64 Å². The Hall–Kier alpha value is -1.40. The van der Waals surface area contributed by atoms with E-state index in [1.807, 2.05) is 17.8 Å². The van der Waals surface area contributed by atoms with Gasteiger partial charge in [0.1, 0.15) is 0 Å². The number of carbonyl (C=O) groups is 1. The Morgan fingerprint density at radius 1 is 1.29 bits per heavy atom. The minimum atomic E-state index is 0.153. The average Bonchev–Trinajstić information content (AvgIpc) is 2.75. The summed E-state index contributed by atoms with van der Waals surface area (Å²) in [6.45, 7) is 9.45. The lowest BCUT2D eigenvalue weighted by Crippen LogP contribution is -2.45. The number of rotatable bonds is 6. The van der Waals surface area contributed by atoms with Gasteiger partial charge in [0.15, 0.2) is 0 Å². The Balaban J connectivity index is 1.72. The number of hydrogen-bond acceptors (Lipinski definition) is 4. The third kappa shape index (κ3) is 3.64. The van der Waals surface area contributed by atoms with Crippen LogP contribution in [0.3, 0.4) is 0 Å². The zero-order chi connectivity index (χ0) is 17.1. The summed E-state index contributed by atoms with van der Waals surface area (Å²) in [4.78, 5) is 17.6. The van der Waals surface area contributed by atoms with E-state index in [0.717, 1.165) is 57.0 Å². The molecule has 0 aliphatic carbocycles. The van der Waals surface area contributed by atoms with E-state index in [1.54, 1.807) is 7.11 Å². The van der Waals surface area contributed by atoms with E-state index in [4.69, 9.17) is 4.74 Å². The van der Waals surface area contributed by atoms with Crippen molar-refractivity contribution in [3.8, 4) is 0 Å². The van der Waals surface area contributed by atoms with E-state index in [1.165, 1.54) is 12.8 Å². The standard InChI is InChI=1S/C18H30N4O2/c1-4-7-22-13-17(14(2)19-22)18(23)21-11-15-5-6-16(12-21)20(10-15)8-9-24-3/h13,15-16H,4-12H2,1-3H3/t15-,16-/m1/s1. The number of carbonyl (C=O) groups excluding carboxylic acids is 1. The number of fused-ring (bicyclic) bond motifs is 4. The number of piperidine rings is 1. The van der Waals surface area contributed by atoms with Gasteiger partial charge in [-0.2, -0.15) is 5.10 Å². The van der Waals surface area contributed by atoms with Crippen LogP contribution in [0.5, 0.6) is 0 Å². The molecule has 1 aromatic heterocycles. The second-order valence-electron chi connectivity index (χ2n) is 7.19. The maximum Gasteiger partial charge on any atom is 0.257 e. The smallest absolute Gasteiger partial charge is 0.257 e. The van der Waals surface area contributed by atoms with Crippen LogP contribution in [-0.2, 0) is 11.3 Å². The summed E-state index contributed by atoms with van der Waals surface area (Å²) >= 11 is 0. The fourth-order valence-corrected chi connectivity index (χ4v) is 4.07. The molecule has 6 heteroatoms. The summed E-state index contributed by atoms with van der Waals surface area (Å²) in [5, 5.41) is 4.49. The molecule has 0 radical (unpaired) electrons. The zero-order valence-corrected chi connectivity index (χ0v) is 15.2. The number of methoxy groups -OCH3 is 1. The molecule has 0 unspecified atom stereocenters. The lowest BCUT2D eigenvalue weighted by Gasteiger charge is -2.35. The molecule has 1 amide bonds. The molecule has 2 bridgehead atoms. The van der Waals surface area contributed by atoms with Crippen LogP contribution in [-0.4, -0.2) is 71.4 Å². The van der Waals surface area contributed by atoms with E-state index in [2.05, 4.69) is 21.8 Å². The molecule has 0 aromatic carbocycles. The SMILES string of the molecule is CCCn1cc(C(=O)N2C[C@@H]3CC[C@H](C2)N(CCOC)C3)c(C)n1. The molecular weight excluding hydrogens is 304 g/mol. The molecule has 0 saturated carbocycles. The molecule has 2 atom stereocenters. The largest absolute Gasteiger partial charge is 0.383 e. The Morgan fingerprint density at radius 3 is 2.88 bits per heavy atom. The molecular formula is C18H30N4O2. The fraction of sp³-hybridized carbons (Fsp3) is 0.778. The number of ether oxygens (including phenoxy) is 1. The molecule has 24 heavy (non-hydrogen) atoms. The molecule has 6 nitrogen and oxygen atoms in total. The maximum absolute atomic E-state index is 13.1. The average molecular weight is 334 g/mol. The molecule has 3 aliphatic rings. The predicted octanol–water partition coefficient (Wildman–Crippen LogP) is 1.78. The lowest BCUT2D eigenvalue weighted by molar-refractivity contribution is 0.0717. The first-order valence-corrected chi connectivity index (χ1v) is 9.18. The quantitative estimate of drug-likeness (QED) is 0.796. The minimum absolute atomic E-state index is 0.153. The Labute approximate surface area is 144 Å². The molecule has 4 heterocycles. The monoisotopic (exact) mass is 334 g/mol. The molecule has 0 N–H and O–H groups in total. The highest BCUT2D eigenvalue weighted by Crippen LogP contribution is 2.28. The second kappa shape index (κ2) is 7.66. The van der Waals surface area contributed by atoms with Crippen molar-refractivity contribution in [2.24, 2.45) is 5.92 Å². The maximum atomic E-state index is 13.1. The summed E-state index contributed by atoms with van der Waals surface area (Å²) in [7, 11) is 1.75. The highest BCUT2D eigenvalue weighted by Gasteiger charge is 2.36. The van der Waals surface area contributed by atoms with Crippen LogP contribution in [0, 0.1) is 12.8 Å². The predicted molar refractivity (Wildman–Crippen MR) is 93.1 cm³/mol. The first-order valence-electron chi connectivity index (χ1n) is 9.18. The van der Waals surface area contributed by atoms with Gasteiger partial charge in [0.2, 0.25) is 0 Å². The van der Waals surface area contributed by atoms with Gasteiger partial charge in [-0.15, -0.1) is 0 Å². The van der Waals surface area contributed by atoms with Crippen molar-refractivity contribution in [2.75, 3.05) is 39.9 Å². The molecule has 1 aromatic rings. The second-order valence-corrected chi connectivity index (χ2v) is 7.19. The summed E-state index contributed by atoms with van der Waals surface area (Å²) in [6, 6.07) is 0.467. The number of aromatic nitrogens is 2. The molecule has 134 valence electrons. The molecule has 0 spiro atoms. The normalized spacial score (nSPS) is 24.4. The number of aryl methyl sites for hydroxylation is 2. The van der Waals surface area contributed by atoms with Crippen molar-refractivity contribution in [1.29, 1.82) is 0 Å². The van der Waals surface area contributed by atoms with Crippen molar-refractivity contribution >= 4 is 5.91 Å². The Bertz CT molecular complexity index is 571. The van der Waals surface area contributed by atoms with E-state index >= 15 is 0 Å². The zero-order valence-electron chi connectivity index (χ0n) is 15.2. The van der Waals surface area contributed by atoms with E-state index in [0.29, 0.717) is 12.0 Å². The van der Waals surface area contributed by atoms with Crippen LogP contribution in [0.4, 0.5) is 0 Å². The summed E-state index contributed by atoms with van der Waals surface area (Å²) in [5.74, 6) is 0.732. The van der Waals surface area contributed by atoms with Crippen LogP contribution in [0.15, 0.2) is 6.20 Å². The van der Waals surface area contributed by atoms with Gasteiger partial charge in [-0.3, -0.25) is 14.4 Å². The number of amides is 1. The van der Waals surface area contributed by atoms with Crippen LogP contribution < -0.4 is 0 Å². The molecule has 4 rings (SSSR count). The topological polar surface area (TPSA) is 50.6 Å². The Kier molecular flexibility index (Phi) is 5.56.